The summed E-state index contributed by atoms with van der Waals surface area (Å²) in [6, 6.07) is 0.260. The molecule has 1 aromatic rings. The maximum Gasteiger partial charge on any atom is 0.208 e. The predicted molar refractivity (Wildman–Crippen MR) is 130 cm³/mol. The minimum absolute atomic E-state index is 0.141. The van der Waals surface area contributed by atoms with Gasteiger partial charge in [-0.25, -0.2) is 15.0 Å². The van der Waals surface area contributed by atoms with Gasteiger partial charge in [0.1, 0.15) is 5.69 Å². The molecule has 0 bridgehead atoms. The second-order valence-corrected chi connectivity index (χ2v) is 8.57. The highest BCUT2D eigenvalue weighted by Crippen LogP contribution is 2.38. The first-order valence-electron chi connectivity index (χ1n) is 11.5. The Bertz CT molecular complexity index is 748. The van der Waals surface area contributed by atoms with Crippen molar-refractivity contribution in [3.63, 3.8) is 0 Å². The zero-order valence-corrected chi connectivity index (χ0v) is 19.7. The van der Waals surface area contributed by atoms with Crippen LogP contribution in [0.2, 0.25) is 0 Å². The van der Waals surface area contributed by atoms with Crippen LogP contribution >= 0.6 is 0 Å². The van der Waals surface area contributed by atoms with E-state index in [0.717, 1.165) is 19.3 Å². The summed E-state index contributed by atoms with van der Waals surface area (Å²) in [5, 5.41) is 26.1. The SMILES string of the molecule is C=Nc1nc(/C(N)=N/O)nc(N[C@H](C)C2CCC2)c1N(CNC)CC1CCCCC1.CO. The van der Waals surface area contributed by atoms with Gasteiger partial charge in [0.25, 0.3) is 0 Å². The fraction of sp³-hybridized carbons (Fsp3) is 0.727. The van der Waals surface area contributed by atoms with Gasteiger partial charge in [-0.15, -0.1) is 0 Å². The highest BCUT2D eigenvalue weighted by atomic mass is 16.4. The Hall–Kier alpha value is -2.46. The van der Waals surface area contributed by atoms with Gasteiger partial charge in [-0.05, 0) is 58.2 Å². The Morgan fingerprint density at radius 1 is 1.19 bits per heavy atom. The standard InChI is InChI=1S/C21H36N8O.CH4O/c1-14(16-10-7-11-16)25-20-17(19(24-3)26-21(27-20)18(22)28-30)29(13-23-2)12-15-8-5-4-6-9-15;1-2/h14-16,23,30H,3-13H2,1-2H3,(H2,22,28)(H,25,26,27);2H,1H3/t14-;/m1./s1. The third-order valence-corrected chi connectivity index (χ3v) is 6.44. The predicted octanol–water partition coefficient (Wildman–Crippen LogP) is 2.68. The Balaban J connectivity index is 0.00000176. The Kier molecular flexibility index (Phi) is 10.6. The molecule has 0 aromatic carbocycles. The maximum atomic E-state index is 9.13. The molecule has 0 radical (unpaired) electrons. The molecule has 1 aromatic heterocycles. The zero-order chi connectivity index (χ0) is 23.5. The van der Waals surface area contributed by atoms with Gasteiger partial charge in [-0.3, -0.25) is 0 Å². The van der Waals surface area contributed by atoms with Crippen molar-refractivity contribution in [2.75, 3.05) is 37.6 Å². The summed E-state index contributed by atoms with van der Waals surface area (Å²) in [4.78, 5) is 15.5. The highest BCUT2D eigenvalue weighted by molar-refractivity contribution is 5.95. The Labute approximate surface area is 191 Å². The summed E-state index contributed by atoms with van der Waals surface area (Å²) in [6.45, 7) is 7.47. The first-order valence-corrected chi connectivity index (χ1v) is 11.5. The third-order valence-electron chi connectivity index (χ3n) is 6.44. The van der Waals surface area contributed by atoms with Gasteiger partial charge in [0.15, 0.2) is 11.6 Å². The van der Waals surface area contributed by atoms with Crippen LogP contribution in [0.15, 0.2) is 10.1 Å². The number of oxime groups is 1. The lowest BCUT2D eigenvalue weighted by Gasteiger charge is -2.35. The molecule has 0 saturated heterocycles. The number of aliphatic hydroxyl groups excluding tert-OH is 1. The molecule has 10 nitrogen and oxygen atoms in total. The molecule has 1 heterocycles. The molecule has 3 rings (SSSR count). The van der Waals surface area contributed by atoms with Crippen molar-refractivity contribution in [2.45, 2.75) is 64.3 Å². The van der Waals surface area contributed by atoms with Crippen LogP contribution < -0.4 is 21.3 Å². The van der Waals surface area contributed by atoms with Crippen molar-refractivity contribution in [1.29, 1.82) is 0 Å². The smallest absolute Gasteiger partial charge is 0.208 e. The number of aliphatic hydroxyl groups is 1. The van der Waals surface area contributed by atoms with Crippen LogP contribution in [0.5, 0.6) is 0 Å². The van der Waals surface area contributed by atoms with E-state index in [1.54, 1.807) is 0 Å². The summed E-state index contributed by atoms with van der Waals surface area (Å²) in [5.74, 6) is 2.37. The fourth-order valence-electron chi connectivity index (χ4n) is 4.48. The highest BCUT2D eigenvalue weighted by Gasteiger charge is 2.28. The number of nitrogens with one attached hydrogen (secondary N) is 2. The van der Waals surface area contributed by atoms with E-state index < -0.39 is 0 Å². The Morgan fingerprint density at radius 2 is 1.88 bits per heavy atom. The molecule has 0 aliphatic heterocycles. The molecule has 1 atom stereocenters. The van der Waals surface area contributed by atoms with Crippen molar-refractivity contribution in [2.24, 2.45) is 27.7 Å². The summed E-state index contributed by atoms with van der Waals surface area (Å²) < 4.78 is 0. The number of aromatic nitrogens is 2. The number of anilines is 2. The zero-order valence-electron chi connectivity index (χ0n) is 19.7. The largest absolute Gasteiger partial charge is 0.409 e. The number of aliphatic imine (C=N–C) groups is 1. The van der Waals surface area contributed by atoms with E-state index in [4.69, 9.17) is 16.0 Å². The molecule has 0 amide bonds. The Morgan fingerprint density at radius 3 is 2.41 bits per heavy atom. The van der Waals surface area contributed by atoms with Gasteiger partial charge in [0.2, 0.25) is 11.7 Å². The number of hydrogen-bond acceptors (Lipinski definition) is 9. The van der Waals surface area contributed by atoms with E-state index in [0.29, 0.717) is 30.1 Å². The van der Waals surface area contributed by atoms with Crippen LogP contribution in [0.1, 0.15) is 64.1 Å². The lowest BCUT2D eigenvalue weighted by molar-refractivity contribution is 0.285. The second-order valence-electron chi connectivity index (χ2n) is 8.57. The van der Waals surface area contributed by atoms with Crippen LogP contribution in [0.3, 0.4) is 0 Å². The first kappa shape index (κ1) is 25.8. The number of rotatable bonds is 10. The maximum absolute atomic E-state index is 9.13. The minimum Gasteiger partial charge on any atom is -0.409 e. The molecule has 0 spiro atoms. The van der Waals surface area contributed by atoms with Crippen LogP contribution in [-0.2, 0) is 0 Å². The number of nitrogens with zero attached hydrogens (tertiary/aromatic N) is 5. The number of amidine groups is 1. The van der Waals surface area contributed by atoms with Crippen LogP contribution in [-0.4, -0.2) is 66.2 Å². The van der Waals surface area contributed by atoms with E-state index in [1.807, 2.05) is 7.05 Å². The van der Waals surface area contributed by atoms with Gasteiger partial charge in [-0.1, -0.05) is 30.8 Å². The lowest BCUT2D eigenvalue weighted by Crippen LogP contribution is -2.39. The topological polar surface area (TPSA) is 144 Å². The average Bonchev–Trinajstić information content (AvgIpc) is 2.78. The van der Waals surface area contributed by atoms with Crippen molar-refractivity contribution in [1.82, 2.24) is 15.3 Å². The lowest BCUT2D eigenvalue weighted by atomic mass is 9.80. The molecule has 32 heavy (non-hydrogen) atoms. The molecule has 2 saturated carbocycles. The summed E-state index contributed by atoms with van der Waals surface area (Å²) in [7, 11) is 2.94. The average molecular weight is 449 g/mol. The van der Waals surface area contributed by atoms with E-state index in [9.17, 15) is 0 Å². The summed E-state index contributed by atoms with van der Waals surface area (Å²) >= 11 is 0. The molecule has 0 unspecified atom stereocenters. The number of nitrogens with two attached hydrogens (primary N) is 1. The van der Waals surface area contributed by atoms with Gasteiger partial charge in [0, 0.05) is 19.7 Å². The normalized spacial score (nSPS) is 18.2. The van der Waals surface area contributed by atoms with E-state index in [1.165, 1.54) is 51.4 Å². The first-order chi connectivity index (χ1) is 15.6. The monoisotopic (exact) mass is 448 g/mol. The number of hydrogen-bond donors (Lipinski definition) is 5. The van der Waals surface area contributed by atoms with Gasteiger partial charge >= 0.3 is 0 Å². The summed E-state index contributed by atoms with van der Waals surface area (Å²) in [6.07, 6.45) is 10.1. The van der Waals surface area contributed by atoms with Crippen molar-refractivity contribution in [3.8, 4) is 0 Å². The molecular weight excluding hydrogens is 408 g/mol. The quantitative estimate of drug-likeness (QED) is 0.121. The molecule has 2 aliphatic carbocycles. The van der Waals surface area contributed by atoms with Crippen molar-refractivity contribution >= 4 is 29.9 Å². The molecule has 2 fully saturated rings. The van der Waals surface area contributed by atoms with Crippen molar-refractivity contribution in [3.05, 3.63) is 5.82 Å². The van der Waals surface area contributed by atoms with Gasteiger partial charge in [-0.2, -0.15) is 0 Å². The van der Waals surface area contributed by atoms with E-state index >= 15 is 0 Å². The molecule has 2 aliphatic rings. The van der Waals surface area contributed by atoms with E-state index in [2.05, 4.69) is 49.3 Å². The van der Waals surface area contributed by atoms with Gasteiger partial charge < -0.3 is 31.6 Å². The molecule has 10 heteroatoms. The molecule has 180 valence electrons. The van der Waals surface area contributed by atoms with Gasteiger partial charge in [0.05, 0.1) is 6.67 Å². The van der Waals surface area contributed by atoms with Crippen LogP contribution in [0.4, 0.5) is 17.3 Å². The fourth-order valence-corrected chi connectivity index (χ4v) is 4.48. The van der Waals surface area contributed by atoms with Crippen LogP contribution in [0, 0.1) is 11.8 Å². The molecule has 6 N–H and O–H groups in total. The molecular formula is C22H40N8O2. The van der Waals surface area contributed by atoms with Crippen molar-refractivity contribution < 1.29 is 10.3 Å². The summed E-state index contributed by atoms with van der Waals surface area (Å²) in [5.41, 5.74) is 6.63. The second kappa shape index (κ2) is 13.2. The third kappa shape index (κ3) is 6.52. The van der Waals surface area contributed by atoms with Crippen LogP contribution in [0.25, 0.3) is 0 Å². The van der Waals surface area contributed by atoms with E-state index in [-0.39, 0.29) is 17.7 Å². The minimum atomic E-state index is -0.141.